The van der Waals surface area contributed by atoms with Crippen LogP contribution in [0.5, 0.6) is 0 Å². The van der Waals surface area contributed by atoms with Crippen LogP contribution < -0.4 is 5.32 Å². The topological polar surface area (TPSA) is 30.5 Å². The van der Waals surface area contributed by atoms with Gasteiger partial charge in [-0.2, -0.15) is 0 Å². The summed E-state index contributed by atoms with van der Waals surface area (Å²) in [5.41, 5.74) is 2.52. The minimum Gasteiger partial charge on any atom is -0.355 e. The third-order valence-electron chi connectivity index (χ3n) is 3.17. The number of ether oxygens (including phenoxy) is 2. The Morgan fingerprint density at radius 3 is 2.67 bits per heavy atom. The minimum absolute atomic E-state index is 0.105. The second-order valence-electron chi connectivity index (χ2n) is 4.78. The zero-order valence-corrected chi connectivity index (χ0v) is 11.0. The summed E-state index contributed by atoms with van der Waals surface area (Å²) in [6.45, 7) is 6.30. The third-order valence-corrected chi connectivity index (χ3v) is 3.17. The standard InChI is InChI=1S/C14H20FNO2/c1-10-5-12(6-11(2)14(10)15)7-16-8-13-3-4-17-9-18-13/h5-6,13,16H,3-4,7-9H2,1-2H3. The molecule has 0 bridgehead atoms. The van der Waals surface area contributed by atoms with Crippen LogP contribution in [0.25, 0.3) is 0 Å². The summed E-state index contributed by atoms with van der Waals surface area (Å²) in [5.74, 6) is -0.105. The van der Waals surface area contributed by atoms with Gasteiger partial charge in [0.15, 0.2) is 0 Å². The van der Waals surface area contributed by atoms with Gasteiger partial charge < -0.3 is 14.8 Å². The molecule has 1 atom stereocenters. The maximum Gasteiger partial charge on any atom is 0.147 e. The number of nitrogens with one attached hydrogen (secondary N) is 1. The zero-order valence-electron chi connectivity index (χ0n) is 11.0. The summed E-state index contributed by atoms with van der Waals surface area (Å²) in [6.07, 6.45) is 1.15. The molecule has 1 aliphatic rings. The molecule has 1 unspecified atom stereocenters. The average molecular weight is 253 g/mol. The molecule has 1 aromatic carbocycles. The smallest absolute Gasteiger partial charge is 0.147 e. The lowest BCUT2D eigenvalue weighted by atomic mass is 10.1. The van der Waals surface area contributed by atoms with Crippen LogP contribution in [0.1, 0.15) is 23.1 Å². The van der Waals surface area contributed by atoms with Crippen molar-refractivity contribution in [1.82, 2.24) is 5.32 Å². The van der Waals surface area contributed by atoms with Crippen molar-refractivity contribution in [3.8, 4) is 0 Å². The van der Waals surface area contributed by atoms with Crippen molar-refractivity contribution in [2.45, 2.75) is 32.9 Å². The van der Waals surface area contributed by atoms with Crippen LogP contribution in [-0.4, -0.2) is 26.0 Å². The van der Waals surface area contributed by atoms with Gasteiger partial charge in [0.1, 0.15) is 12.6 Å². The van der Waals surface area contributed by atoms with Crippen LogP contribution in [0.15, 0.2) is 12.1 Å². The molecule has 1 heterocycles. The summed E-state index contributed by atoms with van der Waals surface area (Å²) in [6, 6.07) is 3.78. The van der Waals surface area contributed by atoms with Crippen LogP contribution in [0, 0.1) is 19.7 Å². The van der Waals surface area contributed by atoms with E-state index in [1.807, 2.05) is 12.1 Å². The molecule has 100 valence electrons. The Balaban J connectivity index is 1.82. The Kier molecular flexibility index (Phi) is 4.69. The second kappa shape index (κ2) is 6.27. The molecule has 0 radical (unpaired) electrons. The highest BCUT2D eigenvalue weighted by Gasteiger charge is 2.13. The van der Waals surface area contributed by atoms with E-state index in [1.165, 1.54) is 0 Å². The molecular weight excluding hydrogens is 233 g/mol. The molecule has 3 nitrogen and oxygen atoms in total. The van der Waals surface area contributed by atoms with Gasteiger partial charge in [0.05, 0.1) is 12.7 Å². The second-order valence-corrected chi connectivity index (χ2v) is 4.78. The fourth-order valence-corrected chi connectivity index (χ4v) is 2.18. The largest absolute Gasteiger partial charge is 0.355 e. The summed E-state index contributed by atoms with van der Waals surface area (Å²) < 4.78 is 24.0. The molecule has 1 saturated heterocycles. The fraction of sp³-hybridized carbons (Fsp3) is 0.571. The van der Waals surface area contributed by atoms with Crippen LogP contribution in [0.4, 0.5) is 4.39 Å². The number of benzene rings is 1. The third kappa shape index (κ3) is 3.51. The first-order valence-corrected chi connectivity index (χ1v) is 6.32. The normalized spacial score (nSPS) is 20.1. The van der Waals surface area contributed by atoms with Gasteiger partial charge in [-0.1, -0.05) is 12.1 Å². The molecule has 4 heteroatoms. The van der Waals surface area contributed by atoms with Gasteiger partial charge in [0.25, 0.3) is 0 Å². The number of halogens is 1. The number of aryl methyl sites for hydroxylation is 2. The summed E-state index contributed by atoms with van der Waals surface area (Å²) in [7, 11) is 0. The van der Waals surface area contributed by atoms with Gasteiger partial charge in [0.2, 0.25) is 0 Å². The summed E-state index contributed by atoms with van der Waals surface area (Å²) in [5, 5.41) is 3.34. The van der Waals surface area contributed by atoms with E-state index in [9.17, 15) is 4.39 Å². The quantitative estimate of drug-likeness (QED) is 0.893. The maximum absolute atomic E-state index is 13.5. The first-order valence-electron chi connectivity index (χ1n) is 6.32. The predicted molar refractivity (Wildman–Crippen MR) is 67.9 cm³/mol. The first-order chi connectivity index (χ1) is 8.66. The van der Waals surface area contributed by atoms with Crippen molar-refractivity contribution < 1.29 is 13.9 Å². The molecule has 0 aliphatic carbocycles. The highest BCUT2D eigenvalue weighted by atomic mass is 19.1. The Morgan fingerprint density at radius 2 is 2.06 bits per heavy atom. The SMILES string of the molecule is Cc1cc(CNCC2CCOCO2)cc(C)c1F. The van der Waals surface area contributed by atoms with E-state index in [4.69, 9.17) is 9.47 Å². The van der Waals surface area contributed by atoms with E-state index in [1.54, 1.807) is 13.8 Å². The molecule has 0 aromatic heterocycles. The van der Waals surface area contributed by atoms with Crippen LogP contribution in [-0.2, 0) is 16.0 Å². The lowest BCUT2D eigenvalue weighted by Gasteiger charge is -2.23. The molecule has 0 amide bonds. The van der Waals surface area contributed by atoms with E-state index in [-0.39, 0.29) is 11.9 Å². The molecule has 1 aromatic rings. The molecule has 0 saturated carbocycles. The maximum atomic E-state index is 13.5. The van der Waals surface area contributed by atoms with Crippen molar-refractivity contribution in [2.24, 2.45) is 0 Å². The zero-order chi connectivity index (χ0) is 13.0. The molecular formula is C14H20FNO2. The molecule has 1 N–H and O–H groups in total. The van der Waals surface area contributed by atoms with E-state index in [2.05, 4.69) is 5.32 Å². The first kappa shape index (κ1) is 13.5. The van der Waals surface area contributed by atoms with Crippen molar-refractivity contribution in [3.05, 3.63) is 34.6 Å². The lowest BCUT2D eigenvalue weighted by molar-refractivity contribution is -0.137. The van der Waals surface area contributed by atoms with Crippen LogP contribution >= 0.6 is 0 Å². The van der Waals surface area contributed by atoms with E-state index < -0.39 is 0 Å². The Labute approximate surface area is 107 Å². The van der Waals surface area contributed by atoms with Crippen LogP contribution in [0.3, 0.4) is 0 Å². The summed E-state index contributed by atoms with van der Waals surface area (Å²) in [4.78, 5) is 0. The highest BCUT2D eigenvalue weighted by molar-refractivity contribution is 5.30. The number of hydrogen-bond acceptors (Lipinski definition) is 3. The predicted octanol–water partition coefficient (Wildman–Crippen LogP) is 2.30. The minimum atomic E-state index is -0.105. The fourth-order valence-electron chi connectivity index (χ4n) is 2.18. The van der Waals surface area contributed by atoms with Gasteiger partial charge >= 0.3 is 0 Å². The van der Waals surface area contributed by atoms with Crippen molar-refractivity contribution in [3.63, 3.8) is 0 Å². The van der Waals surface area contributed by atoms with Gasteiger partial charge in [0, 0.05) is 13.1 Å². The van der Waals surface area contributed by atoms with Crippen molar-refractivity contribution in [1.29, 1.82) is 0 Å². The van der Waals surface area contributed by atoms with Crippen LogP contribution in [0.2, 0.25) is 0 Å². The van der Waals surface area contributed by atoms with Gasteiger partial charge in [-0.25, -0.2) is 4.39 Å². The molecule has 2 rings (SSSR count). The monoisotopic (exact) mass is 253 g/mol. The number of hydrogen-bond donors (Lipinski definition) is 1. The van der Waals surface area contributed by atoms with Gasteiger partial charge in [-0.05, 0) is 37.0 Å². The summed E-state index contributed by atoms with van der Waals surface area (Å²) >= 11 is 0. The Bertz CT molecular complexity index is 380. The van der Waals surface area contributed by atoms with E-state index in [0.29, 0.717) is 17.9 Å². The Hall–Kier alpha value is -0.970. The molecule has 18 heavy (non-hydrogen) atoms. The average Bonchev–Trinajstić information content (AvgIpc) is 2.37. The van der Waals surface area contributed by atoms with E-state index in [0.717, 1.165) is 31.7 Å². The highest BCUT2D eigenvalue weighted by Crippen LogP contribution is 2.14. The molecule has 1 fully saturated rings. The Morgan fingerprint density at radius 1 is 1.33 bits per heavy atom. The van der Waals surface area contributed by atoms with Crippen molar-refractivity contribution >= 4 is 0 Å². The number of rotatable bonds is 4. The van der Waals surface area contributed by atoms with Crippen molar-refractivity contribution in [2.75, 3.05) is 19.9 Å². The van der Waals surface area contributed by atoms with Gasteiger partial charge in [-0.3, -0.25) is 0 Å². The molecule has 0 spiro atoms. The van der Waals surface area contributed by atoms with Gasteiger partial charge in [-0.15, -0.1) is 0 Å². The molecule has 1 aliphatic heterocycles. The van der Waals surface area contributed by atoms with E-state index >= 15 is 0 Å². The lowest BCUT2D eigenvalue weighted by Crippen LogP contribution is -2.33.